The van der Waals surface area contributed by atoms with Crippen molar-refractivity contribution in [2.75, 3.05) is 7.05 Å². The van der Waals surface area contributed by atoms with Gasteiger partial charge in [-0.25, -0.2) is 9.59 Å². The van der Waals surface area contributed by atoms with Crippen LogP contribution in [0.5, 0.6) is 5.88 Å². The zero-order valence-electron chi connectivity index (χ0n) is 17.1. The maximum absolute atomic E-state index is 12.2. The fourth-order valence-corrected chi connectivity index (χ4v) is 5.18. The molecule has 0 radical (unpaired) electrons. The lowest BCUT2D eigenvalue weighted by atomic mass is 9.96. The van der Waals surface area contributed by atoms with Crippen LogP contribution < -0.4 is 16.2 Å². The van der Waals surface area contributed by atoms with Gasteiger partial charge in [0.2, 0.25) is 5.88 Å². The lowest BCUT2D eigenvalue weighted by Crippen LogP contribution is -2.41. The number of hydrogen-bond acceptors (Lipinski definition) is 6. The van der Waals surface area contributed by atoms with Crippen molar-refractivity contribution in [2.45, 2.75) is 70.3 Å². The molecule has 0 atom stereocenters. The summed E-state index contributed by atoms with van der Waals surface area (Å²) in [5.41, 5.74) is -0.478. The maximum Gasteiger partial charge on any atom is 0.346 e. The van der Waals surface area contributed by atoms with Gasteiger partial charge >= 0.3 is 12.0 Å². The number of aryl methyl sites for hydroxylation is 2. The molecule has 0 bridgehead atoms. The van der Waals surface area contributed by atoms with E-state index in [1.54, 1.807) is 7.05 Å². The van der Waals surface area contributed by atoms with E-state index in [-0.39, 0.29) is 6.03 Å². The molecule has 1 saturated carbocycles. The lowest BCUT2D eigenvalue weighted by molar-refractivity contribution is 0.0690. The van der Waals surface area contributed by atoms with Crippen molar-refractivity contribution in [3.8, 4) is 5.88 Å². The van der Waals surface area contributed by atoms with Crippen molar-refractivity contribution in [3.63, 3.8) is 0 Å². The van der Waals surface area contributed by atoms with Gasteiger partial charge in [-0.1, -0.05) is 25.7 Å². The van der Waals surface area contributed by atoms with Crippen molar-refractivity contribution < 1.29 is 19.8 Å². The van der Waals surface area contributed by atoms with E-state index >= 15 is 0 Å². The van der Waals surface area contributed by atoms with Crippen LogP contribution in [0.3, 0.4) is 0 Å². The Labute approximate surface area is 178 Å². The number of fused-ring (bicyclic) bond motifs is 3. The molecular formula is C20H28N4O5S. The van der Waals surface area contributed by atoms with Gasteiger partial charge in [-0.05, 0) is 38.5 Å². The number of nitrogens with one attached hydrogen (secondary N) is 2. The van der Waals surface area contributed by atoms with E-state index in [9.17, 15) is 19.5 Å². The van der Waals surface area contributed by atoms with Crippen molar-refractivity contribution in [1.29, 1.82) is 0 Å². The van der Waals surface area contributed by atoms with Crippen LogP contribution in [0.25, 0.3) is 4.96 Å². The van der Waals surface area contributed by atoms with E-state index in [1.807, 2.05) is 0 Å². The second-order valence-electron chi connectivity index (χ2n) is 7.63. The molecule has 0 unspecified atom stereocenters. The Bertz CT molecular complexity index is 978. The highest BCUT2D eigenvalue weighted by atomic mass is 32.1. The smallest absolute Gasteiger partial charge is 0.346 e. The van der Waals surface area contributed by atoms with Gasteiger partial charge in [0.15, 0.2) is 10.5 Å². The molecule has 2 aromatic rings. The van der Waals surface area contributed by atoms with Gasteiger partial charge in [-0.15, -0.1) is 11.3 Å². The van der Waals surface area contributed by atoms with Crippen molar-refractivity contribution in [2.24, 2.45) is 0 Å². The Morgan fingerprint density at radius 2 is 1.77 bits per heavy atom. The summed E-state index contributed by atoms with van der Waals surface area (Å²) < 4.78 is 1.36. The van der Waals surface area contributed by atoms with Gasteiger partial charge in [0, 0.05) is 23.7 Å². The van der Waals surface area contributed by atoms with Crippen LogP contribution in [0.15, 0.2) is 4.79 Å². The first kappa shape index (κ1) is 22.1. The number of amides is 2. The normalized spacial score (nSPS) is 16.7. The first-order chi connectivity index (χ1) is 14.4. The fourth-order valence-electron chi connectivity index (χ4n) is 3.98. The average molecular weight is 437 g/mol. The number of urea groups is 1. The standard InChI is InChI=1S/C12H12N2O4S.C8H16N2O/c15-9-8(11(17)18)10(16)14-6-4-2-1-3-5-7(6)19-12(14)13-9;1-9-8(11)10-7-5-3-2-4-6-7/h15H,1-5H2,(H,17,18);7H,2-6H2,1H3,(H2,9,10,11). The SMILES string of the molecule is CNC(=O)NC1CCCCC1.O=C(O)c1c(O)nc2sc3c(n2c1=O)CCCCC3. The quantitative estimate of drug-likeness (QED) is 0.535. The van der Waals surface area contributed by atoms with E-state index in [4.69, 9.17) is 5.11 Å². The minimum absolute atomic E-state index is 0.0445. The van der Waals surface area contributed by atoms with Crippen LogP contribution in [-0.2, 0) is 12.8 Å². The highest BCUT2D eigenvalue weighted by Crippen LogP contribution is 2.28. The molecular weight excluding hydrogens is 408 g/mol. The molecule has 2 aliphatic rings. The molecule has 164 valence electrons. The topological polar surface area (TPSA) is 133 Å². The summed E-state index contributed by atoms with van der Waals surface area (Å²) in [6, 6.07) is 0.376. The van der Waals surface area contributed by atoms with E-state index in [0.29, 0.717) is 11.0 Å². The molecule has 2 heterocycles. The molecule has 4 rings (SSSR count). The minimum atomic E-state index is -1.45. The Hall–Kier alpha value is -2.62. The predicted molar refractivity (Wildman–Crippen MR) is 114 cm³/mol. The zero-order chi connectivity index (χ0) is 21.7. The molecule has 0 aromatic carbocycles. The van der Waals surface area contributed by atoms with Crippen molar-refractivity contribution in [1.82, 2.24) is 20.0 Å². The van der Waals surface area contributed by atoms with Crippen LogP contribution in [0.4, 0.5) is 4.79 Å². The summed E-state index contributed by atoms with van der Waals surface area (Å²) in [7, 11) is 1.65. The van der Waals surface area contributed by atoms with Crippen molar-refractivity contribution in [3.05, 3.63) is 26.5 Å². The highest BCUT2D eigenvalue weighted by Gasteiger charge is 2.24. The van der Waals surface area contributed by atoms with Crippen molar-refractivity contribution >= 4 is 28.3 Å². The Morgan fingerprint density at radius 3 is 2.43 bits per heavy atom. The molecule has 2 aliphatic carbocycles. The number of carbonyl (C=O) groups excluding carboxylic acids is 1. The second-order valence-corrected chi connectivity index (χ2v) is 8.69. The summed E-state index contributed by atoms with van der Waals surface area (Å²) >= 11 is 1.36. The first-order valence-corrected chi connectivity index (χ1v) is 11.2. The molecule has 2 aromatic heterocycles. The summed E-state index contributed by atoms with van der Waals surface area (Å²) in [5.74, 6) is -2.15. The average Bonchev–Trinajstić information content (AvgIpc) is 2.90. The first-order valence-electron chi connectivity index (χ1n) is 10.4. The fraction of sp³-hybridized carbons (Fsp3) is 0.600. The number of aromatic hydroxyl groups is 1. The molecule has 4 N–H and O–H groups in total. The summed E-state index contributed by atoms with van der Waals surface area (Å²) in [6.45, 7) is 0. The third-order valence-electron chi connectivity index (χ3n) is 5.54. The molecule has 30 heavy (non-hydrogen) atoms. The number of nitrogens with zero attached hydrogens (tertiary/aromatic N) is 2. The Morgan fingerprint density at radius 1 is 1.10 bits per heavy atom. The van der Waals surface area contributed by atoms with Gasteiger partial charge in [-0.3, -0.25) is 9.20 Å². The molecule has 1 fully saturated rings. The third-order valence-corrected chi connectivity index (χ3v) is 6.68. The Kier molecular flexibility index (Phi) is 7.30. The molecule has 0 aliphatic heterocycles. The van der Waals surface area contributed by atoms with E-state index in [1.165, 1.54) is 35.0 Å². The molecule has 10 heteroatoms. The van der Waals surface area contributed by atoms with E-state index in [2.05, 4.69) is 15.6 Å². The van der Waals surface area contributed by atoms with Gasteiger partial charge in [0.1, 0.15) is 0 Å². The molecule has 9 nitrogen and oxygen atoms in total. The maximum atomic E-state index is 12.2. The van der Waals surface area contributed by atoms with Crippen LogP contribution in [0.2, 0.25) is 0 Å². The number of carboxylic acid groups (broad SMARTS) is 1. The molecule has 0 spiro atoms. The summed E-state index contributed by atoms with van der Waals surface area (Å²) in [6.07, 6.45) is 10.9. The van der Waals surface area contributed by atoms with Crippen LogP contribution in [0, 0.1) is 0 Å². The number of rotatable bonds is 2. The number of thiazole rings is 1. The number of carbonyl (C=O) groups is 2. The lowest BCUT2D eigenvalue weighted by Gasteiger charge is -2.22. The van der Waals surface area contributed by atoms with Gasteiger partial charge < -0.3 is 20.8 Å². The summed E-state index contributed by atoms with van der Waals surface area (Å²) in [4.78, 5) is 39.4. The van der Waals surface area contributed by atoms with Crippen LogP contribution in [-0.4, -0.2) is 44.7 Å². The largest absolute Gasteiger partial charge is 0.492 e. The number of aromatic nitrogens is 2. The monoisotopic (exact) mass is 436 g/mol. The van der Waals surface area contributed by atoms with Gasteiger partial charge in [0.25, 0.3) is 5.56 Å². The Balaban J connectivity index is 0.000000199. The van der Waals surface area contributed by atoms with E-state index < -0.39 is 23.0 Å². The molecule has 0 saturated heterocycles. The second kappa shape index (κ2) is 9.92. The number of carboxylic acids is 1. The van der Waals surface area contributed by atoms with Crippen LogP contribution >= 0.6 is 11.3 Å². The predicted octanol–water partition coefficient (Wildman–Crippen LogP) is 2.68. The third kappa shape index (κ3) is 4.92. The minimum Gasteiger partial charge on any atom is -0.492 e. The number of aromatic carboxylic acids is 1. The molecule has 2 amide bonds. The van der Waals surface area contributed by atoms with Crippen LogP contribution in [0.1, 0.15) is 72.3 Å². The highest BCUT2D eigenvalue weighted by molar-refractivity contribution is 7.17. The van der Waals surface area contributed by atoms with Gasteiger partial charge in [-0.2, -0.15) is 4.98 Å². The van der Waals surface area contributed by atoms with E-state index in [0.717, 1.165) is 55.5 Å². The summed E-state index contributed by atoms with van der Waals surface area (Å²) in [5, 5.41) is 24.1. The van der Waals surface area contributed by atoms with Gasteiger partial charge in [0.05, 0.1) is 0 Å². The number of hydrogen-bond donors (Lipinski definition) is 4. The zero-order valence-corrected chi connectivity index (χ0v) is 17.9.